The molecule has 3 rings (SSSR count). The number of rotatable bonds is 4. The highest BCUT2D eigenvalue weighted by molar-refractivity contribution is 5.87. The van der Waals surface area contributed by atoms with Crippen LogP contribution in [-0.4, -0.2) is 20.4 Å². The van der Waals surface area contributed by atoms with Gasteiger partial charge in [0.1, 0.15) is 6.29 Å². The van der Waals surface area contributed by atoms with Crippen LogP contribution in [0.15, 0.2) is 43.0 Å². The van der Waals surface area contributed by atoms with Crippen LogP contribution in [0.3, 0.4) is 0 Å². The fourth-order valence-electron chi connectivity index (χ4n) is 2.37. The largest absolute Gasteiger partial charge is 0.341 e. The smallest absolute Gasteiger partial charge is 0.150 e. The molecule has 0 saturated heterocycles. The van der Waals surface area contributed by atoms with Crippen LogP contribution >= 0.6 is 0 Å². The van der Waals surface area contributed by atoms with Gasteiger partial charge in [-0.25, -0.2) is 4.98 Å². The van der Waals surface area contributed by atoms with Crippen molar-refractivity contribution in [3.8, 4) is 0 Å². The van der Waals surface area contributed by atoms with Gasteiger partial charge in [-0.2, -0.15) is 0 Å². The highest BCUT2D eigenvalue weighted by Crippen LogP contribution is 2.18. The van der Waals surface area contributed by atoms with Gasteiger partial charge < -0.3 is 9.13 Å². The molecule has 2 heterocycles. The average Bonchev–Trinajstić information content (AvgIpc) is 3.05. The van der Waals surface area contributed by atoms with E-state index in [1.807, 2.05) is 43.0 Å². The molecule has 0 spiro atoms. The molecule has 4 nitrogen and oxygen atoms in total. The minimum atomic E-state index is 0.712. The maximum Gasteiger partial charge on any atom is 0.150 e. The van der Waals surface area contributed by atoms with Crippen molar-refractivity contribution >= 4 is 17.2 Å². The molecule has 96 valence electrons. The van der Waals surface area contributed by atoms with Gasteiger partial charge in [-0.1, -0.05) is 0 Å². The highest BCUT2D eigenvalue weighted by Gasteiger charge is 2.05. The molecule has 0 aliphatic carbocycles. The minimum absolute atomic E-state index is 0.712. The van der Waals surface area contributed by atoms with Crippen molar-refractivity contribution in [1.29, 1.82) is 0 Å². The summed E-state index contributed by atoms with van der Waals surface area (Å²) in [6, 6.07) is 7.79. The summed E-state index contributed by atoms with van der Waals surface area (Å²) < 4.78 is 4.30. The molecule has 4 heteroatoms. The number of hydrogen-bond donors (Lipinski definition) is 0. The number of benzene rings is 1. The number of carbonyl (C=O) groups excluding carboxylic acids is 1. The second-order valence-electron chi connectivity index (χ2n) is 4.55. The maximum absolute atomic E-state index is 10.8. The lowest BCUT2D eigenvalue weighted by Crippen LogP contribution is -2.05. The summed E-state index contributed by atoms with van der Waals surface area (Å²) in [5.74, 6) is 0. The first-order valence-electron chi connectivity index (χ1n) is 6.35. The van der Waals surface area contributed by atoms with E-state index in [4.69, 9.17) is 0 Å². The van der Waals surface area contributed by atoms with E-state index in [-0.39, 0.29) is 0 Å². The van der Waals surface area contributed by atoms with Crippen molar-refractivity contribution in [3.63, 3.8) is 0 Å². The normalized spacial score (nSPS) is 11.0. The van der Waals surface area contributed by atoms with E-state index in [2.05, 4.69) is 21.0 Å². The Kier molecular flexibility index (Phi) is 2.91. The molecule has 0 fully saturated rings. The molecule has 1 aromatic carbocycles. The van der Waals surface area contributed by atoms with Crippen molar-refractivity contribution in [1.82, 2.24) is 14.1 Å². The van der Waals surface area contributed by atoms with Gasteiger partial charge in [0.25, 0.3) is 0 Å². The Labute approximate surface area is 111 Å². The summed E-state index contributed by atoms with van der Waals surface area (Å²) in [5, 5.41) is 1.09. The van der Waals surface area contributed by atoms with Crippen LogP contribution in [-0.2, 0) is 13.1 Å². The Hall–Kier alpha value is -2.36. The fourth-order valence-corrected chi connectivity index (χ4v) is 2.37. The number of aromatic nitrogens is 3. The number of aldehydes is 1. The average molecular weight is 253 g/mol. The molecule has 0 aliphatic heterocycles. The third-order valence-electron chi connectivity index (χ3n) is 3.40. The van der Waals surface area contributed by atoms with Crippen LogP contribution in [0, 0.1) is 0 Å². The van der Waals surface area contributed by atoms with Gasteiger partial charge in [-0.05, 0) is 31.2 Å². The molecule has 0 atom stereocenters. The number of nitrogens with zero attached hydrogens (tertiary/aromatic N) is 3. The van der Waals surface area contributed by atoms with Gasteiger partial charge in [-0.3, -0.25) is 4.79 Å². The lowest BCUT2D eigenvalue weighted by Gasteiger charge is -2.08. The van der Waals surface area contributed by atoms with Crippen molar-refractivity contribution < 1.29 is 4.79 Å². The Morgan fingerprint density at radius 2 is 2.16 bits per heavy atom. The zero-order valence-corrected chi connectivity index (χ0v) is 10.8. The van der Waals surface area contributed by atoms with E-state index in [1.165, 1.54) is 5.69 Å². The second-order valence-corrected chi connectivity index (χ2v) is 4.55. The van der Waals surface area contributed by atoms with Crippen LogP contribution < -0.4 is 0 Å². The predicted octanol–water partition coefficient (Wildman–Crippen LogP) is 2.72. The van der Waals surface area contributed by atoms with Gasteiger partial charge >= 0.3 is 0 Å². The standard InChI is InChI=1S/C15H15N3O/c1-2-17-11-16-8-14(17)9-18-6-5-13-7-12(10-19)3-4-15(13)18/h3-8,10-11H,2,9H2,1H3. The van der Waals surface area contributed by atoms with E-state index in [0.717, 1.165) is 30.3 Å². The highest BCUT2D eigenvalue weighted by atomic mass is 16.1. The van der Waals surface area contributed by atoms with Gasteiger partial charge in [0.05, 0.1) is 18.6 Å². The topological polar surface area (TPSA) is 39.8 Å². The quantitative estimate of drug-likeness (QED) is 0.671. The molecular formula is C15H15N3O. The Balaban J connectivity index is 1.99. The Bertz CT molecular complexity index is 724. The Morgan fingerprint density at radius 1 is 1.26 bits per heavy atom. The molecule has 0 unspecified atom stereocenters. The number of fused-ring (bicyclic) bond motifs is 1. The van der Waals surface area contributed by atoms with E-state index in [9.17, 15) is 4.79 Å². The van der Waals surface area contributed by atoms with E-state index < -0.39 is 0 Å². The fraction of sp³-hybridized carbons (Fsp3) is 0.200. The molecule has 0 amide bonds. The molecule has 0 aliphatic rings. The molecule has 3 aromatic rings. The van der Waals surface area contributed by atoms with E-state index in [1.54, 1.807) is 0 Å². The van der Waals surface area contributed by atoms with Crippen molar-refractivity contribution in [3.05, 3.63) is 54.2 Å². The third-order valence-corrected chi connectivity index (χ3v) is 3.40. The molecular weight excluding hydrogens is 238 g/mol. The summed E-state index contributed by atoms with van der Waals surface area (Å²) in [6.45, 7) is 3.82. The van der Waals surface area contributed by atoms with Crippen molar-refractivity contribution in [2.45, 2.75) is 20.0 Å². The van der Waals surface area contributed by atoms with Crippen molar-refractivity contribution in [2.75, 3.05) is 0 Å². The third kappa shape index (κ3) is 2.05. The lowest BCUT2D eigenvalue weighted by molar-refractivity contribution is 0.112. The molecule has 0 radical (unpaired) electrons. The molecule has 19 heavy (non-hydrogen) atoms. The number of aryl methyl sites for hydroxylation is 1. The van der Waals surface area contributed by atoms with E-state index in [0.29, 0.717) is 5.56 Å². The Morgan fingerprint density at radius 3 is 2.95 bits per heavy atom. The van der Waals surface area contributed by atoms with E-state index >= 15 is 0 Å². The second kappa shape index (κ2) is 4.72. The first-order valence-corrected chi connectivity index (χ1v) is 6.35. The lowest BCUT2D eigenvalue weighted by atomic mass is 10.2. The monoisotopic (exact) mass is 253 g/mol. The summed E-state index contributed by atoms with van der Waals surface area (Å²) >= 11 is 0. The number of hydrogen-bond acceptors (Lipinski definition) is 2. The summed E-state index contributed by atoms with van der Waals surface area (Å²) in [4.78, 5) is 15.0. The minimum Gasteiger partial charge on any atom is -0.341 e. The first kappa shape index (κ1) is 11.7. The van der Waals surface area contributed by atoms with Crippen molar-refractivity contribution in [2.24, 2.45) is 0 Å². The van der Waals surface area contributed by atoms with Crippen LogP contribution in [0.1, 0.15) is 23.0 Å². The summed E-state index contributed by atoms with van der Waals surface area (Å²) in [5.41, 5.74) is 3.03. The zero-order valence-electron chi connectivity index (χ0n) is 10.8. The first-order chi connectivity index (χ1) is 9.31. The van der Waals surface area contributed by atoms with Crippen LogP contribution in [0.2, 0.25) is 0 Å². The maximum atomic E-state index is 10.8. The zero-order chi connectivity index (χ0) is 13.2. The van der Waals surface area contributed by atoms with Gasteiger partial charge in [0.15, 0.2) is 0 Å². The van der Waals surface area contributed by atoms with Gasteiger partial charge in [-0.15, -0.1) is 0 Å². The van der Waals surface area contributed by atoms with Gasteiger partial charge in [0.2, 0.25) is 0 Å². The predicted molar refractivity (Wildman–Crippen MR) is 74.3 cm³/mol. The summed E-state index contributed by atoms with van der Waals surface area (Å²) in [6.07, 6.45) is 6.68. The molecule has 0 saturated carbocycles. The number of imidazole rings is 1. The van der Waals surface area contributed by atoms with Crippen LogP contribution in [0.25, 0.3) is 10.9 Å². The molecule has 0 bridgehead atoms. The molecule has 0 N–H and O–H groups in total. The SMILES string of the molecule is CCn1cncc1Cn1ccc2cc(C=O)ccc21. The van der Waals surface area contributed by atoms with Crippen LogP contribution in [0.4, 0.5) is 0 Å². The van der Waals surface area contributed by atoms with Gasteiger partial charge in [0, 0.05) is 35.4 Å². The summed E-state index contributed by atoms with van der Waals surface area (Å²) in [7, 11) is 0. The molecule has 2 aromatic heterocycles. The number of carbonyl (C=O) groups is 1. The van der Waals surface area contributed by atoms with Crippen LogP contribution in [0.5, 0.6) is 0 Å².